The molecule has 31 heavy (non-hydrogen) atoms. The van der Waals surface area contributed by atoms with E-state index in [9.17, 15) is 9.59 Å². The maximum atomic E-state index is 12.8. The second-order valence-electron chi connectivity index (χ2n) is 7.63. The van der Waals surface area contributed by atoms with Crippen molar-refractivity contribution in [3.8, 4) is 0 Å². The standard InChI is InChI=1S/C27H29NO3/c1-3-31-27(30)23-14-16-24(17-15-23)28-26(22-12-9-20(2)10-13-22)19-25(29)18-11-21-7-5-4-6-8-21/h4-10,12-17,26,28H,3,11,18-19H2,1-2H3. The Labute approximate surface area is 184 Å². The van der Waals surface area contributed by atoms with Gasteiger partial charge in [0, 0.05) is 18.5 Å². The topological polar surface area (TPSA) is 55.4 Å². The molecule has 3 aromatic rings. The molecule has 1 N–H and O–H groups in total. The van der Waals surface area contributed by atoms with Crippen LogP contribution < -0.4 is 5.32 Å². The van der Waals surface area contributed by atoms with E-state index in [1.807, 2.05) is 49.4 Å². The molecule has 0 spiro atoms. The second-order valence-corrected chi connectivity index (χ2v) is 7.63. The van der Waals surface area contributed by atoms with Gasteiger partial charge in [-0.3, -0.25) is 4.79 Å². The minimum atomic E-state index is -0.333. The Hall–Kier alpha value is -3.40. The minimum absolute atomic E-state index is 0.141. The van der Waals surface area contributed by atoms with Gasteiger partial charge in [-0.15, -0.1) is 0 Å². The number of benzene rings is 3. The third-order valence-electron chi connectivity index (χ3n) is 5.18. The van der Waals surface area contributed by atoms with Crippen molar-refractivity contribution in [3.05, 3.63) is 101 Å². The number of aryl methyl sites for hydroxylation is 2. The summed E-state index contributed by atoms with van der Waals surface area (Å²) >= 11 is 0. The summed E-state index contributed by atoms with van der Waals surface area (Å²) < 4.78 is 5.04. The van der Waals surface area contributed by atoms with Crippen molar-refractivity contribution in [2.24, 2.45) is 0 Å². The highest BCUT2D eigenvalue weighted by molar-refractivity contribution is 5.89. The predicted octanol–water partition coefficient (Wildman–Crippen LogP) is 5.92. The summed E-state index contributed by atoms with van der Waals surface area (Å²) in [6, 6.07) is 25.3. The van der Waals surface area contributed by atoms with E-state index in [1.54, 1.807) is 19.1 Å². The molecular weight excluding hydrogens is 386 g/mol. The highest BCUT2D eigenvalue weighted by Gasteiger charge is 2.17. The first-order chi connectivity index (χ1) is 15.0. The number of carbonyl (C=O) groups excluding carboxylic acids is 2. The maximum Gasteiger partial charge on any atom is 0.338 e. The second kappa shape index (κ2) is 11.1. The van der Waals surface area contributed by atoms with Gasteiger partial charge in [-0.1, -0.05) is 60.2 Å². The van der Waals surface area contributed by atoms with Crippen molar-refractivity contribution < 1.29 is 14.3 Å². The van der Waals surface area contributed by atoms with Crippen LogP contribution in [0.3, 0.4) is 0 Å². The monoisotopic (exact) mass is 415 g/mol. The molecule has 0 aromatic heterocycles. The fourth-order valence-electron chi connectivity index (χ4n) is 3.43. The van der Waals surface area contributed by atoms with Crippen LogP contribution in [0.15, 0.2) is 78.9 Å². The first kappa shape index (κ1) is 22.3. The molecule has 0 aliphatic rings. The zero-order valence-electron chi connectivity index (χ0n) is 18.1. The van der Waals surface area contributed by atoms with Gasteiger partial charge in [0.1, 0.15) is 5.78 Å². The summed E-state index contributed by atoms with van der Waals surface area (Å²) in [6.45, 7) is 4.18. The number of nitrogens with one attached hydrogen (secondary N) is 1. The molecule has 3 aromatic carbocycles. The molecule has 0 amide bonds. The van der Waals surface area contributed by atoms with Crippen molar-refractivity contribution in [1.82, 2.24) is 0 Å². The van der Waals surface area contributed by atoms with Crippen LogP contribution in [0.5, 0.6) is 0 Å². The number of anilines is 1. The van der Waals surface area contributed by atoms with Crippen LogP contribution in [0.2, 0.25) is 0 Å². The van der Waals surface area contributed by atoms with Gasteiger partial charge in [0.05, 0.1) is 18.2 Å². The van der Waals surface area contributed by atoms with Gasteiger partial charge in [0.15, 0.2) is 0 Å². The molecule has 4 heteroatoms. The Kier molecular flexibility index (Phi) is 7.99. The third-order valence-corrected chi connectivity index (χ3v) is 5.18. The Morgan fingerprint density at radius 2 is 1.58 bits per heavy atom. The predicted molar refractivity (Wildman–Crippen MR) is 124 cm³/mol. The number of esters is 1. The van der Waals surface area contributed by atoms with Crippen molar-refractivity contribution in [2.75, 3.05) is 11.9 Å². The van der Waals surface area contributed by atoms with Crippen LogP contribution >= 0.6 is 0 Å². The largest absolute Gasteiger partial charge is 0.462 e. The van der Waals surface area contributed by atoms with E-state index >= 15 is 0 Å². The Morgan fingerprint density at radius 3 is 2.23 bits per heavy atom. The lowest BCUT2D eigenvalue weighted by atomic mass is 9.97. The number of hydrogen-bond acceptors (Lipinski definition) is 4. The number of ether oxygens (including phenoxy) is 1. The summed E-state index contributed by atoms with van der Waals surface area (Å²) in [5.41, 5.74) is 4.78. The van der Waals surface area contributed by atoms with Gasteiger partial charge in [0.25, 0.3) is 0 Å². The zero-order chi connectivity index (χ0) is 22.1. The number of Topliss-reactive ketones (excluding diaryl/α,β-unsaturated/α-hetero) is 1. The lowest BCUT2D eigenvalue weighted by Crippen LogP contribution is -2.16. The van der Waals surface area contributed by atoms with Crippen molar-refractivity contribution >= 4 is 17.4 Å². The lowest BCUT2D eigenvalue weighted by Gasteiger charge is -2.20. The molecule has 1 unspecified atom stereocenters. The molecular formula is C27H29NO3. The van der Waals surface area contributed by atoms with Gasteiger partial charge in [-0.2, -0.15) is 0 Å². The van der Waals surface area contributed by atoms with Gasteiger partial charge in [-0.25, -0.2) is 4.79 Å². The quantitative estimate of drug-likeness (QED) is 0.418. The smallest absolute Gasteiger partial charge is 0.338 e. The van der Waals surface area contributed by atoms with Gasteiger partial charge in [-0.05, 0) is 55.7 Å². The van der Waals surface area contributed by atoms with E-state index in [-0.39, 0.29) is 17.8 Å². The minimum Gasteiger partial charge on any atom is -0.462 e. The highest BCUT2D eigenvalue weighted by Crippen LogP contribution is 2.25. The SMILES string of the molecule is CCOC(=O)c1ccc(NC(CC(=O)CCc2ccccc2)c2ccc(C)cc2)cc1. The average molecular weight is 416 g/mol. The molecule has 0 aliphatic heterocycles. The van der Waals surface area contributed by atoms with Crippen LogP contribution in [0, 0.1) is 6.92 Å². The van der Waals surface area contributed by atoms with E-state index in [4.69, 9.17) is 4.74 Å². The molecule has 0 aliphatic carbocycles. The molecule has 4 nitrogen and oxygen atoms in total. The summed E-state index contributed by atoms with van der Waals surface area (Å²) in [7, 11) is 0. The van der Waals surface area contributed by atoms with Crippen LogP contribution in [0.4, 0.5) is 5.69 Å². The zero-order valence-corrected chi connectivity index (χ0v) is 18.1. The van der Waals surface area contributed by atoms with Crippen molar-refractivity contribution in [3.63, 3.8) is 0 Å². The maximum absolute atomic E-state index is 12.8. The molecule has 0 bridgehead atoms. The van der Waals surface area contributed by atoms with Crippen molar-refractivity contribution in [2.45, 2.75) is 39.2 Å². The van der Waals surface area contributed by atoms with Gasteiger partial charge >= 0.3 is 5.97 Å². The Bertz CT molecular complexity index is 979. The van der Waals surface area contributed by atoms with E-state index in [0.29, 0.717) is 25.0 Å². The van der Waals surface area contributed by atoms with E-state index in [1.165, 1.54) is 11.1 Å². The first-order valence-electron chi connectivity index (χ1n) is 10.7. The van der Waals surface area contributed by atoms with E-state index in [0.717, 1.165) is 17.7 Å². The first-order valence-corrected chi connectivity index (χ1v) is 10.7. The average Bonchev–Trinajstić information content (AvgIpc) is 2.79. The summed E-state index contributed by atoms with van der Waals surface area (Å²) in [5.74, 6) is -0.120. The summed E-state index contributed by atoms with van der Waals surface area (Å²) in [4.78, 5) is 24.7. The van der Waals surface area contributed by atoms with Crippen LogP contribution in [0.1, 0.15) is 52.9 Å². The summed E-state index contributed by atoms with van der Waals surface area (Å²) in [5, 5.41) is 3.47. The van der Waals surface area contributed by atoms with Crippen molar-refractivity contribution in [1.29, 1.82) is 0 Å². The highest BCUT2D eigenvalue weighted by atomic mass is 16.5. The Balaban J connectivity index is 1.70. The molecule has 160 valence electrons. The van der Waals surface area contributed by atoms with E-state index in [2.05, 4.69) is 29.6 Å². The normalized spacial score (nSPS) is 11.5. The number of rotatable bonds is 10. The molecule has 0 radical (unpaired) electrons. The number of hydrogen-bond donors (Lipinski definition) is 1. The molecule has 0 saturated carbocycles. The van der Waals surface area contributed by atoms with Crippen LogP contribution in [0.25, 0.3) is 0 Å². The van der Waals surface area contributed by atoms with Gasteiger partial charge in [0.2, 0.25) is 0 Å². The molecule has 0 saturated heterocycles. The fourth-order valence-corrected chi connectivity index (χ4v) is 3.43. The van der Waals surface area contributed by atoms with Crippen LogP contribution in [-0.2, 0) is 16.0 Å². The molecule has 0 heterocycles. The third kappa shape index (κ3) is 6.82. The van der Waals surface area contributed by atoms with Crippen LogP contribution in [-0.4, -0.2) is 18.4 Å². The number of ketones is 1. The fraction of sp³-hybridized carbons (Fsp3) is 0.259. The molecule has 1 atom stereocenters. The Morgan fingerprint density at radius 1 is 0.903 bits per heavy atom. The lowest BCUT2D eigenvalue weighted by molar-refractivity contribution is -0.119. The number of carbonyl (C=O) groups is 2. The van der Waals surface area contributed by atoms with Gasteiger partial charge < -0.3 is 10.1 Å². The molecule has 0 fully saturated rings. The summed E-state index contributed by atoms with van der Waals surface area (Å²) in [6.07, 6.45) is 1.65. The molecule has 3 rings (SSSR count). The van der Waals surface area contributed by atoms with E-state index < -0.39 is 0 Å².